The first-order valence-electron chi connectivity index (χ1n) is 11.9. The summed E-state index contributed by atoms with van der Waals surface area (Å²) in [5.74, 6) is 1.76. The quantitative estimate of drug-likeness (QED) is 0.689. The first-order valence-corrected chi connectivity index (χ1v) is 11.9. The molecule has 1 unspecified atom stereocenters. The Kier molecular flexibility index (Phi) is 7.21. The number of hydrogen-bond donors (Lipinski definition) is 0. The minimum atomic E-state index is -0.534. The monoisotopic (exact) mass is 450 g/mol. The largest absolute Gasteiger partial charge is 0.497 e. The summed E-state index contributed by atoms with van der Waals surface area (Å²) in [5, 5.41) is 0. The van der Waals surface area contributed by atoms with Gasteiger partial charge in [-0.25, -0.2) is 0 Å². The maximum Gasteiger partial charge on any atom is 0.253 e. The van der Waals surface area contributed by atoms with Crippen molar-refractivity contribution in [3.05, 3.63) is 59.7 Å². The molecule has 6 heteroatoms. The van der Waals surface area contributed by atoms with Crippen molar-refractivity contribution in [1.82, 2.24) is 9.80 Å². The Balaban J connectivity index is 1.52. The van der Waals surface area contributed by atoms with Crippen molar-refractivity contribution >= 4 is 11.8 Å². The molecule has 1 spiro atoms. The molecule has 0 radical (unpaired) electrons. The van der Waals surface area contributed by atoms with Crippen molar-refractivity contribution in [2.45, 2.75) is 38.5 Å². The number of rotatable bonds is 2. The molecule has 2 amide bonds. The van der Waals surface area contributed by atoms with Gasteiger partial charge in [0.05, 0.1) is 19.1 Å². The Morgan fingerprint density at radius 3 is 2.55 bits per heavy atom. The lowest BCUT2D eigenvalue weighted by Gasteiger charge is -2.44. The molecule has 1 atom stereocenters. The fourth-order valence-electron chi connectivity index (χ4n) is 5.14. The molecule has 2 aromatic rings. The maximum absolute atomic E-state index is 13.7. The molecule has 0 saturated carbocycles. The van der Waals surface area contributed by atoms with Crippen molar-refractivity contribution in [2.24, 2.45) is 5.41 Å². The van der Waals surface area contributed by atoms with Crippen LogP contribution in [0.2, 0.25) is 0 Å². The minimum Gasteiger partial charge on any atom is -0.497 e. The van der Waals surface area contributed by atoms with Crippen LogP contribution in [-0.4, -0.2) is 62.0 Å². The van der Waals surface area contributed by atoms with Crippen molar-refractivity contribution in [3.8, 4) is 11.5 Å². The Bertz CT molecular complexity index is 974. The van der Waals surface area contributed by atoms with E-state index in [9.17, 15) is 9.59 Å². The highest BCUT2D eigenvalue weighted by Crippen LogP contribution is 2.38. The fraction of sp³-hybridized carbons (Fsp3) is 0.481. The van der Waals surface area contributed by atoms with Gasteiger partial charge in [0.25, 0.3) is 5.91 Å². The smallest absolute Gasteiger partial charge is 0.253 e. The number of ether oxygens (including phenoxy) is 2. The highest BCUT2D eigenvalue weighted by atomic mass is 16.5. The van der Waals surface area contributed by atoms with Gasteiger partial charge in [-0.05, 0) is 68.0 Å². The highest BCUT2D eigenvalue weighted by Gasteiger charge is 2.44. The van der Waals surface area contributed by atoms with Crippen LogP contribution < -0.4 is 9.47 Å². The molecule has 1 saturated heterocycles. The van der Waals surface area contributed by atoms with E-state index in [-0.39, 0.29) is 11.8 Å². The number of piperidine rings is 1. The Morgan fingerprint density at radius 2 is 1.76 bits per heavy atom. The van der Waals surface area contributed by atoms with Crippen molar-refractivity contribution in [3.63, 3.8) is 0 Å². The first kappa shape index (κ1) is 23.1. The molecular formula is C27H34N2O4. The van der Waals surface area contributed by atoms with Gasteiger partial charge in [0.1, 0.15) is 18.1 Å². The zero-order valence-corrected chi connectivity index (χ0v) is 19.7. The Hall–Kier alpha value is -3.02. The summed E-state index contributed by atoms with van der Waals surface area (Å²) in [6.07, 6.45) is 5.32. The molecule has 0 bridgehead atoms. The van der Waals surface area contributed by atoms with E-state index in [1.165, 1.54) is 5.56 Å². The lowest BCUT2D eigenvalue weighted by atomic mass is 9.74. The molecule has 6 nitrogen and oxygen atoms in total. The van der Waals surface area contributed by atoms with Crippen LogP contribution in [0.3, 0.4) is 0 Å². The predicted octanol–water partition coefficient (Wildman–Crippen LogP) is 4.18. The standard InChI is InChI=1S/C27H34N2O4/c1-28-18-19-33-24-10-4-3-8-21(24)9-5-6-15-27(26(28)31)16-7-17-29(20-27)25(30)22-11-13-23(32-2)14-12-22/h3-4,8,10-14H,5-7,9,15-20H2,1-2H3. The number of nitrogens with zero attached hydrogens (tertiary/aromatic N) is 2. The maximum atomic E-state index is 13.7. The summed E-state index contributed by atoms with van der Waals surface area (Å²) in [6, 6.07) is 15.4. The molecule has 1 fully saturated rings. The summed E-state index contributed by atoms with van der Waals surface area (Å²) >= 11 is 0. The molecule has 2 aromatic carbocycles. The topological polar surface area (TPSA) is 59.1 Å². The van der Waals surface area contributed by atoms with Gasteiger partial charge in [-0.2, -0.15) is 0 Å². The van der Waals surface area contributed by atoms with E-state index in [1.54, 1.807) is 36.3 Å². The van der Waals surface area contributed by atoms with Crippen LogP contribution in [0.4, 0.5) is 0 Å². The van der Waals surface area contributed by atoms with E-state index >= 15 is 0 Å². The number of likely N-dealkylation sites (tertiary alicyclic amines) is 1. The number of benzene rings is 2. The molecule has 4 rings (SSSR count). The Morgan fingerprint density at radius 1 is 1.00 bits per heavy atom. The van der Waals surface area contributed by atoms with Gasteiger partial charge >= 0.3 is 0 Å². The molecular weight excluding hydrogens is 416 g/mol. The fourth-order valence-corrected chi connectivity index (χ4v) is 5.14. The number of para-hydroxylation sites is 1. The number of carbonyl (C=O) groups is 2. The number of likely N-dealkylation sites (N-methyl/N-ethyl adjacent to an activating group) is 1. The molecule has 0 aliphatic carbocycles. The van der Waals surface area contributed by atoms with Gasteiger partial charge in [0.2, 0.25) is 5.91 Å². The van der Waals surface area contributed by atoms with Crippen molar-refractivity contribution in [2.75, 3.05) is 40.4 Å². The number of fused-ring (bicyclic) bond motifs is 1. The Labute approximate surface area is 196 Å². The average molecular weight is 451 g/mol. The third kappa shape index (κ3) is 5.15. The van der Waals surface area contributed by atoms with Crippen LogP contribution >= 0.6 is 0 Å². The normalized spacial score (nSPS) is 22.1. The number of amides is 2. The van der Waals surface area contributed by atoms with Gasteiger partial charge in [-0.3, -0.25) is 9.59 Å². The zero-order chi connectivity index (χ0) is 23.3. The first-order chi connectivity index (χ1) is 16.0. The van der Waals surface area contributed by atoms with Gasteiger partial charge in [0, 0.05) is 25.7 Å². The molecule has 0 N–H and O–H groups in total. The summed E-state index contributed by atoms with van der Waals surface area (Å²) in [4.78, 5) is 30.6. The predicted molar refractivity (Wildman–Crippen MR) is 128 cm³/mol. The van der Waals surface area contributed by atoms with Gasteiger partial charge in [0.15, 0.2) is 0 Å². The van der Waals surface area contributed by atoms with Crippen LogP contribution in [0.5, 0.6) is 11.5 Å². The zero-order valence-electron chi connectivity index (χ0n) is 19.7. The van der Waals surface area contributed by atoms with Gasteiger partial charge in [-0.15, -0.1) is 0 Å². The third-order valence-electron chi connectivity index (χ3n) is 7.01. The van der Waals surface area contributed by atoms with Crippen LogP contribution in [0.15, 0.2) is 48.5 Å². The van der Waals surface area contributed by atoms with Crippen LogP contribution in [0.25, 0.3) is 0 Å². The van der Waals surface area contributed by atoms with E-state index in [1.807, 2.05) is 24.1 Å². The van der Waals surface area contributed by atoms with Gasteiger partial charge in [-0.1, -0.05) is 24.6 Å². The molecule has 0 aromatic heterocycles. The van der Waals surface area contributed by atoms with Crippen molar-refractivity contribution < 1.29 is 19.1 Å². The SMILES string of the molecule is COc1ccc(C(=O)N2CCCC3(CCCCc4ccccc4OCCN(C)C3=O)C2)cc1. The molecule has 33 heavy (non-hydrogen) atoms. The second kappa shape index (κ2) is 10.3. The summed E-state index contributed by atoms with van der Waals surface area (Å²) < 4.78 is 11.2. The molecule has 176 valence electrons. The minimum absolute atomic E-state index is 0.0180. The molecule has 2 aliphatic heterocycles. The average Bonchev–Trinajstić information content (AvgIpc) is 2.86. The molecule has 2 heterocycles. The summed E-state index contributed by atoms with van der Waals surface area (Å²) in [7, 11) is 3.47. The van der Waals surface area contributed by atoms with Crippen LogP contribution in [0.1, 0.15) is 48.0 Å². The third-order valence-corrected chi connectivity index (χ3v) is 7.01. The lowest BCUT2D eigenvalue weighted by Crippen LogP contribution is -2.54. The number of aryl methyl sites for hydroxylation is 1. The second-order valence-corrected chi connectivity index (χ2v) is 9.23. The van der Waals surface area contributed by atoms with E-state index in [0.717, 1.165) is 50.0 Å². The van der Waals surface area contributed by atoms with Crippen LogP contribution in [0, 0.1) is 5.41 Å². The second-order valence-electron chi connectivity index (χ2n) is 9.23. The summed E-state index contributed by atoms with van der Waals surface area (Å²) in [6.45, 7) is 2.14. The van der Waals surface area contributed by atoms with E-state index < -0.39 is 5.41 Å². The lowest BCUT2D eigenvalue weighted by molar-refractivity contribution is -0.144. The number of carbonyl (C=O) groups excluding carboxylic acids is 2. The van der Waals surface area contributed by atoms with Crippen molar-refractivity contribution in [1.29, 1.82) is 0 Å². The van der Waals surface area contributed by atoms with E-state index in [4.69, 9.17) is 9.47 Å². The van der Waals surface area contributed by atoms with E-state index in [2.05, 4.69) is 12.1 Å². The molecule has 2 aliphatic rings. The number of methoxy groups -OCH3 is 1. The van der Waals surface area contributed by atoms with Crippen LogP contribution in [-0.2, 0) is 11.2 Å². The summed E-state index contributed by atoms with van der Waals surface area (Å²) in [5.41, 5.74) is 1.32. The highest BCUT2D eigenvalue weighted by molar-refractivity contribution is 5.95. The van der Waals surface area contributed by atoms with E-state index in [0.29, 0.717) is 31.8 Å². The van der Waals surface area contributed by atoms with Gasteiger partial charge < -0.3 is 19.3 Å². The number of hydrogen-bond acceptors (Lipinski definition) is 4.